The second kappa shape index (κ2) is 5.25. The topological polar surface area (TPSA) is 63.9 Å². The molecule has 0 atom stereocenters. The van der Waals surface area contributed by atoms with E-state index in [4.69, 9.17) is 22.4 Å². The molecule has 0 aliphatic carbocycles. The lowest BCUT2D eigenvalue weighted by atomic mass is 10.1. The average Bonchev–Trinajstić information content (AvgIpc) is 2.28. The maximum Gasteiger partial charge on any atom is 0.126 e. The van der Waals surface area contributed by atoms with Crippen molar-refractivity contribution in [1.82, 2.24) is 0 Å². The summed E-state index contributed by atoms with van der Waals surface area (Å²) < 4.78 is 0. The Kier molecular flexibility index (Phi) is 4.23. The Hall–Kier alpha value is -1.17. The number of benzene rings is 1. The zero-order chi connectivity index (χ0) is 12.3. The molecule has 4 nitrogen and oxygen atoms in total. The van der Waals surface area contributed by atoms with Crippen LogP contribution in [0.4, 0.5) is 5.69 Å². The first-order valence-corrected chi connectivity index (χ1v) is 5.22. The Bertz CT molecular complexity index is 381. The molecule has 3 N–H and O–H groups in total. The van der Waals surface area contributed by atoms with Crippen molar-refractivity contribution in [3.05, 3.63) is 23.3 Å². The highest BCUT2D eigenvalue weighted by molar-refractivity contribution is 7.80. The number of rotatable bonds is 3. The van der Waals surface area contributed by atoms with Crippen LogP contribution < -0.4 is 4.90 Å². The van der Waals surface area contributed by atoms with Gasteiger partial charge in [0.1, 0.15) is 5.75 Å². The Morgan fingerprint density at radius 1 is 1.25 bits per heavy atom. The van der Waals surface area contributed by atoms with Crippen LogP contribution >= 0.6 is 12.2 Å². The smallest absolute Gasteiger partial charge is 0.126 e. The summed E-state index contributed by atoms with van der Waals surface area (Å²) in [5, 5.41) is 27.8. The van der Waals surface area contributed by atoms with Gasteiger partial charge in [-0.15, -0.1) is 0 Å². The van der Waals surface area contributed by atoms with Crippen molar-refractivity contribution in [2.45, 2.75) is 20.1 Å². The lowest BCUT2D eigenvalue weighted by Gasteiger charge is -2.20. The van der Waals surface area contributed by atoms with Crippen molar-refractivity contribution in [3.8, 4) is 5.75 Å². The molecule has 0 fully saturated rings. The molecule has 1 rings (SSSR count). The molecule has 0 bridgehead atoms. The molecule has 88 valence electrons. The Labute approximate surface area is 99.8 Å². The first-order valence-electron chi connectivity index (χ1n) is 4.82. The van der Waals surface area contributed by atoms with E-state index in [-0.39, 0.29) is 19.0 Å². The molecule has 0 heterocycles. The van der Waals surface area contributed by atoms with Gasteiger partial charge in [0.15, 0.2) is 0 Å². The SMILES string of the molecule is CC(=S)N(C)c1cc(CO)c(O)c(CO)c1. The van der Waals surface area contributed by atoms with Crippen molar-refractivity contribution < 1.29 is 15.3 Å². The van der Waals surface area contributed by atoms with E-state index in [9.17, 15) is 5.11 Å². The summed E-state index contributed by atoms with van der Waals surface area (Å²) in [5.74, 6) is -0.0656. The van der Waals surface area contributed by atoms with Crippen LogP contribution in [0.1, 0.15) is 18.1 Å². The second-order valence-electron chi connectivity index (χ2n) is 3.51. The average molecular weight is 241 g/mol. The van der Waals surface area contributed by atoms with E-state index in [0.717, 1.165) is 5.69 Å². The molecule has 0 aliphatic heterocycles. The second-order valence-corrected chi connectivity index (χ2v) is 4.10. The zero-order valence-corrected chi connectivity index (χ0v) is 10.1. The van der Waals surface area contributed by atoms with E-state index in [1.54, 1.807) is 31.0 Å². The number of hydrogen-bond acceptors (Lipinski definition) is 4. The van der Waals surface area contributed by atoms with E-state index in [1.807, 2.05) is 0 Å². The molecule has 1 aromatic carbocycles. The van der Waals surface area contributed by atoms with Gasteiger partial charge in [-0.25, -0.2) is 0 Å². The van der Waals surface area contributed by atoms with Gasteiger partial charge in [-0.2, -0.15) is 0 Å². The molecule has 0 saturated heterocycles. The Morgan fingerprint density at radius 2 is 1.69 bits per heavy atom. The first-order chi connectivity index (χ1) is 7.51. The van der Waals surface area contributed by atoms with Gasteiger partial charge in [0, 0.05) is 23.9 Å². The van der Waals surface area contributed by atoms with Gasteiger partial charge in [0.05, 0.1) is 18.2 Å². The van der Waals surface area contributed by atoms with Gasteiger partial charge >= 0.3 is 0 Å². The van der Waals surface area contributed by atoms with Gasteiger partial charge in [-0.1, -0.05) is 12.2 Å². The van der Waals surface area contributed by atoms with Gasteiger partial charge in [0.2, 0.25) is 0 Å². The number of aromatic hydroxyl groups is 1. The predicted molar refractivity (Wildman–Crippen MR) is 66.6 cm³/mol. The number of aliphatic hydroxyl groups excluding tert-OH is 2. The molecular formula is C11H15NO3S. The van der Waals surface area contributed by atoms with Crippen LogP contribution in [0.25, 0.3) is 0 Å². The quantitative estimate of drug-likeness (QED) is 0.693. The lowest BCUT2D eigenvalue weighted by molar-refractivity contribution is 0.264. The molecule has 0 aliphatic rings. The normalized spacial score (nSPS) is 10.2. The summed E-state index contributed by atoms with van der Waals surface area (Å²) in [6.45, 7) is 1.22. The van der Waals surface area contributed by atoms with Gasteiger partial charge < -0.3 is 20.2 Å². The number of thiocarbonyl (C=S) groups is 1. The Balaban J connectivity index is 3.26. The van der Waals surface area contributed by atoms with Crippen molar-refractivity contribution in [3.63, 3.8) is 0 Å². The minimum Gasteiger partial charge on any atom is -0.507 e. The van der Waals surface area contributed by atoms with E-state index in [0.29, 0.717) is 16.1 Å². The molecule has 0 unspecified atom stereocenters. The van der Waals surface area contributed by atoms with Crippen molar-refractivity contribution in [1.29, 1.82) is 0 Å². The Morgan fingerprint density at radius 3 is 2.00 bits per heavy atom. The monoisotopic (exact) mass is 241 g/mol. The summed E-state index contributed by atoms with van der Waals surface area (Å²) in [7, 11) is 1.79. The zero-order valence-electron chi connectivity index (χ0n) is 9.27. The number of phenols is 1. The highest BCUT2D eigenvalue weighted by Gasteiger charge is 2.11. The van der Waals surface area contributed by atoms with E-state index in [1.165, 1.54) is 0 Å². The fourth-order valence-electron chi connectivity index (χ4n) is 1.36. The molecular weight excluding hydrogens is 226 g/mol. The molecule has 5 heteroatoms. The lowest BCUT2D eigenvalue weighted by Crippen LogP contribution is -2.21. The minimum absolute atomic E-state index is 0.0656. The molecule has 0 saturated carbocycles. The van der Waals surface area contributed by atoms with Gasteiger partial charge in [-0.05, 0) is 19.1 Å². The van der Waals surface area contributed by atoms with Crippen molar-refractivity contribution >= 4 is 22.9 Å². The van der Waals surface area contributed by atoms with Crippen LogP contribution in [0.15, 0.2) is 12.1 Å². The number of hydrogen-bond donors (Lipinski definition) is 3. The third-order valence-electron chi connectivity index (χ3n) is 2.45. The molecule has 0 amide bonds. The van der Waals surface area contributed by atoms with Crippen LogP contribution in [-0.2, 0) is 13.2 Å². The highest BCUT2D eigenvalue weighted by atomic mass is 32.1. The number of nitrogens with zero attached hydrogens (tertiary/aromatic N) is 1. The molecule has 0 aromatic heterocycles. The molecule has 0 radical (unpaired) electrons. The van der Waals surface area contributed by atoms with E-state index in [2.05, 4.69) is 0 Å². The summed E-state index contributed by atoms with van der Waals surface area (Å²) in [5.41, 5.74) is 1.49. The third-order valence-corrected chi connectivity index (χ3v) is 2.73. The fraction of sp³-hybridized carbons (Fsp3) is 0.364. The summed E-state index contributed by atoms with van der Waals surface area (Å²) in [6.07, 6.45) is 0. The van der Waals surface area contributed by atoms with Crippen LogP contribution in [0.3, 0.4) is 0 Å². The van der Waals surface area contributed by atoms with Gasteiger partial charge in [0.25, 0.3) is 0 Å². The molecule has 0 spiro atoms. The molecule has 1 aromatic rings. The van der Waals surface area contributed by atoms with Crippen molar-refractivity contribution in [2.75, 3.05) is 11.9 Å². The van der Waals surface area contributed by atoms with Crippen LogP contribution in [0.5, 0.6) is 5.75 Å². The van der Waals surface area contributed by atoms with E-state index >= 15 is 0 Å². The number of aliphatic hydroxyl groups is 2. The fourth-order valence-corrected chi connectivity index (χ4v) is 1.46. The van der Waals surface area contributed by atoms with Crippen molar-refractivity contribution in [2.24, 2.45) is 0 Å². The van der Waals surface area contributed by atoms with E-state index < -0.39 is 0 Å². The van der Waals surface area contributed by atoms with Crippen LogP contribution in [-0.4, -0.2) is 27.4 Å². The first kappa shape index (κ1) is 12.9. The summed E-state index contributed by atoms with van der Waals surface area (Å²) in [6, 6.07) is 3.29. The summed E-state index contributed by atoms with van der Waals surface area (Å²) in [4.78, 5) is 2.41. The maximum atomic E-state index is 9.66. The number of anilines is 1. The standard InChI is InChI=1S/C11H15NO3S/c1-7(16)12(2)10-3-8(5-13)11(15)9(4-10)6-14/h3-4,13-15H,5-6H2,1-2H3. The minimum atomic E-state index is -0.281. The maximum absolute atomic E-state index is 9.66. The predicted octanol–water partition coefficient (Wildman–Crippen LogP) is 1.16. The third kappa shape index (κ3) is 2.49. The highest BCUT2D eigenvalue weighted by Crippen LogP contribution is 2.29. The van der Waals surface area contributed by atoms with Gasteiger partial charge in [-0.3, -0.25) is 0 Å². The van der Waals surface area contributed by atoms with Crippen LogP contribution in [0, 0.1) is 0 Å². The summed E-state index contributed by atoms with van der Waals surface area (Å²) >= 11 is 5.03. The largest absolute Gasteiger partial charge is 0.507 e. The van der Waals surface area contributed by atoms with Crippen LogP contribution in [0.2, 0.25) is 0 Å². The molecule has 16 heavy (non-hydrogen) atoms.